The lowest BCUT2D eigenvalue weighted by atomic mass is 10.0. The number of benzene rings is 2. The first-order valence-electron chi connectivity index (χ1n) is 12.5. The number of hydrogen-bond acceptors (Lipinski definition) is 4. The van der Waals surface area contributed by atoms with Gasteiger partial charge in [-0.25, -0.2) is 4.79 Å². The lowest BCUT2D eigenvalue weighted by molar-refractivity contribution is -0.121. The van der Waals surface area contributed by atoms with Gasteiger partial charge in [0.15, 0.2) is 0 Å². The van der Waals surface area contributed by atoms with Crippen LogP contribution in [0.4, 0.5) is 10.5 Å². The van der Waals surface area contributed by atoms with Crippen LogP contribution >= 0.6 is 11.8 Å². The Hall–Kier alpha value is -3.44. The highest BCUT2D eigenvalue weighted by molar-refractivity contribution is 8.00. The first kappa shape index (κ1) is 24.3. The number of nitrogens with one attached hydrogen (secondary N) is 3. The van der Waals surface area contributed by atoms with Crippen LogP contribution in [0, 0.1) is 11.8 Å². The quantitative estimate of drug-likeness (QED) is 0.294. The van der Waals surface area contributed by atoms with Gasteiger partial charge in [-0.1, -0.05) is 48.6 Å². The third kappa shape index (κ3) is 5.52. The average Bonchev–Trinajstić information content (AvgIpc) is 3.42. The molecule has 0 aromatic heterocycles. The minimum absolute atomic E-state index is 0.0279. The second kappa shape index (κ2) is 11.1. The highest BCUT2D eigenvalue weighted by Gasteiger charge is 2.42. The third-order valence-electron chi connectivity index (χ3n) is 6.92. The van der Waals surface area contributed by atoms with Crippen molar-refractivity contribution in [2.45, 2.75) is 56.0 Å². The van der Waals surface area contributed by atoms with Gasteiger partial charge < -0.3 is 20.9 Å². The minimum atomic E-state index is -0.0689. The van der Waals surface area contributed by atoms with Gasteiger partial charge in [0.25, 0.3) is 0 Å². The molecule has 2 fully saturated rings. The Labute approximate surface area is 215 Å². The van der Waals surface area contributed by atoms with Gasteiger partial charge in [0.05, 0.1) is 24.3 Å². The van der Waals surface area contributed by atoms with Crippen LogP contribution in [0.1, 0.15) is 48.8 Å². The van der Waals surface area contributed by atoms with Crippen molar-refractivity contribution in [3.05, 3.63) is 65.2 Å². The molecule has 186 valence electrons. The molecule has 5 rings (SSSR count). The van der Waals surface area contributed by atoms with Gasteiger partial charge in [0.1, 0.15) is 0 Å². The minimum Gasteiger partial charge on any atom is -0.356 e. The zero-order valence-corrected chi connectivity index (χ0v) is 20.9. The van der Waals surface area contributed by atoms with E-state index in [-0.39, 0.29) is 36.3 Å². The van der Waals surface area contributed by atoms with Gasteiger partial charge in [0.2, 0.25) is 11.8 Å². The second-order valence-corrected chi connectivity index (χ2v) is 10.6. The van der Waals surface area contributed by atoms with Gasteiger partial charge in [-0.05, 0) is 36.6 Å². The van der Waals surface area contributed by atoms with Crippen molar-refractivity contribution in [2.75, 3.05) is 17.2 Å². The fraction of sp³-hybridized carbons (Fsp3) is 0.393. The Morgan fingerprint density at radius 2 is 1.78 bits per heavy atom. The van der Waals surface area contributed by atoms with Crippen molar-refractivity contribution in [3.8, 4) is 11.8 Å². The van der Waals surface area contributed by atoms with E-state index in [2.05, 4.69) is 27.8 Å². The maximum absolute atomic E-state index is 13.2. The van der Waals surface area contributed by atoms with Crippen molar-refractivity contribution in [1.29, 1.82) is 0 Å². The summed E-state index contributed by atoms with van der Waals surface area (Å²) >= 11 is 1.89. The van der Waals surface area contributed by atoms with Crippen LogP contribution < -0.4 is 20.9 Å². The molecular weight excluding hydrogens is 472 g/mol. The molecule has 0 aliphatic carbocycles. The molecule has 2 saturated heterocycles. The van der Waals surface area contributed by atoms with Crippen LogP contribution in [0.5, 0.6) is 0 Å². The Kier molecular flexibility index (Phi) is 7.47. The normalized spacial score (nSPS) is 21.5. The molecule has 0 unspecified atom stereocenters. The molecule has 3 N–H and O–H groups in total. The largest absolute Gasteiger partial charge is 0.356 e. The summed E-state index contributed by atoms with van der Waals surface area (Å²) in [4.78, 5) is 38.9. The number of nitrogens with zero attached hydrogens (tertiary/aromatic N) is 1. The van der Waals surface area contributed by atoms with E-state index in [0.717, 1.165) is 47.4 Å². The smallest absolute Gasteiger partial charge is 0.315 e. The maximum atomic E-state index is 13.2. The van der Waals surface area contributed by atoms with Crippen molar-refractivity contribution in [3.63, 3.8) is 0 Å². The lowest BCUT2D eigenvalue weighted by Crippen LogP contribution is -2.36. The summed E-state index contributed by atoms with van der Waals surface area (Å²) in [5.74, 6) is 7.31. The summed E-state index contributed by atoms with van der Waals surface area (Å²) in [5.41, 5.74) is 3.56. The molecule has 3 aliphatic heterocycles. The lowest BCUT2D eigenvalue weighted by Gasteiger charge is -2.26. The van der Waals surface area contributed by atoms with Crippen molar-refractivity contribution in [1.82, 2.24) is 16.0 Å². The van der Waals surface area contributed by atoms with Crippen LogP contribution in [-0.2, 0) is 16.1 Å². The third-order valence-corrected chi connectivity index (χ3v) is 8.42. The maximum Gasteiger partial charge on any atom is 0.315 e. The number of urea groups is 1. The highest BCUT2D eigenvalue weighted by atomic mass is 32.2. The Morgan fingerprint density at radius 3 is 2.67 bits per heavy atom. The monoisotopic (exact) mass is 502 g/mol. The van der Waals surface area contributed by atoms with Gasteiger partial charge in [0, 0.05) is 41.5 Å². The van der Waals surface area contributed by atoms with Crippen LogP contribution in [0.25, 0.3) is 0 Å². The molecule has 36 heavy (non-hydrogen) atoms. The number of carbonyl (C=O) groups excluding carboxylic acids is 3. The summed E-state index contributed by atoms with van der Waals surface area (Å²) < 4.78 is 0. The number of fused-ring (bicyclic) bond motifs is 3. The Morgan fingerprint density at radius 1 is 1.00 bits per heavy atom. The topological polar surface area (TPSA) is 90.5 Å². The van der Waals surface area contributed by atoms with Crippen LogP contribution in [0.2, 0.25) is 0 Å². The van der Waals surface area contributed by atoms with E-state index in [1.165, 1.54) is 0 Å². The molecule has 3 heterocycles. The molecular formula is C28H30N4O3S. The molecule has 0 radical (unpaired) electrons. The predicted octanol–water partition coefficient (Wildman–Crippen LogP) is 3.17. The molecule has 4 amide bonds. The zero-order valence-electron chi connectivity index (χ0n) is 20.1. The van der Waals surface area contributed by atoms with E-state index in [0.29, 0.717) is 24.8 Å². The fourth-order valence-electron chi connectivity index (χ4n) is 5.01. The Balaban J connectivity index is 1.08. The van der Waals surface area contributed by atoms with E-state index >= 15 is 0 Å². The number of carbonyl (C=O) groups is 3. The summed E-state index contributed by atoms with van der Waals surface area (Å²) in [6, 6.07) is 15.9. The zero-order chi connectivity index (χ0) is 24.9. The number of anilines is 1. The van der Waals surface area contributed by atoms with Gasteiger partial charge in [-0.3, -0.25) is 9.59 Å². The predicted molar refractivity (Wildman–Crippen MR) is 142 cm³/mol. The molecule has 0 bridgehead atoms. The number of unbranched alkanes of at least 4 members (excludes halogenated alkanes) is 1. The van der Waals surface area contributed by atoms with E-state index < -0.39 is 0 Å². The molecule has 2 aromatic carbocycles. The van der Waals surface area contributed by atoms with E-state index in [4.69, 9.17) is 0 Å². The first-order chi connectivity index (χ1) is 17.6. The molecule has 2 aromatic rings. The number of rotatable bonds is 8. The number of para-hydroxylation sites is 1. The summed E-state index contributed by atoms with van der Waals surface area (Å²) in [5, 5.41) is 9.28. The van der Waals surface area contributed by atoms with Crippen molar-refractivity contribution < 1.29 is 14.4 Å². The SMILES string of the molecule is O=C(CCCC[C@@H]1SC[C@@H]2NC(=O)N[C@@H]21)NCCC(=O)N1Cc2ccccc2C#Cc2ccccc21. The van der Waals surface area contributed by atoms with Crippen molar-refractivity contribution in [2.24, 2.45) is 0 Å². The number of hydrogen-bond donors (Lipinski definition) is 3. The molecule has 7 nitrogen and oxygen atoms in total. The number of amides is 4. The van der Waals surface area contributed by atoms with Crippen LogP contribution in [0.15, 0.2) is 48.5 Å². The summed E-state index contributed by atoms with van der Waals surface area (Å²) in [6.45, 7) is 0.759. The summed E-state index contributed by atoms with van der Waals surface area (Å²) in [7, 11) is 0. The van der Waals surface area contributed by atoms with E-state index in [9.17, 15) is 14.4 Å². The first-order valence-corrected chi connectivity index (χ1v) is 13.6. The molecule has 0 saturated carbocycles. The van der Waals surface area contributed by atoms with Crippen molar-refractivity contribution >= 4 is 35.3 Å². The molecule has 0 spiro atoms. The van der Waals surface area contributed by atoms with E-state index in [1.54, 1.807) is 4.90 Å². The standard InChI is InChI=1S/C28H30N4O3S/c33-25(12-6-5-11-24-27-22(18-36-24)30-28(35)31-27)29-16-15-26(34)32-17-21-9-2-1-7-19(21)13-14-20-8-3-4-10-23(20)32/h1-4,7-10,22,24,27H,5-6,11-12,15-18H2,(H,29,33)(H2,30,31,35)/t22-,24-,27-/m0/s1. The molecule has 3 aliphatic rings. The molecule has 3 atom stereocenters. The van der Waals surface area contributed by atoms with Gasteiger partial charge in [-0.2, -0.15) is 11.8 Å². The molecule has 8 heteroatoms. The van der Waals surface area contributed by atoms with Gasteiger partial charge >= 0.3 is 6.03 Å². The highest BCUT2D eigenvalue weighted by Crippen LogP contribution is 2.33. The average molecular weight is 503 g/mol. The summed E-state index contributed by atoms with van der Waals surface area (Å²) in [6.07, 6.45) is 3.39. The van der Waals surface area contributed by atoms with Crippen LogP contribution in [-0.4, -0.2) is 47.5 Å². The van der Waals surface area contributed by atoms with Gasteiger partial charge in [-0.15, -0.1) is 0 Å². The number of thioether (sulfide) groups is 1. The van der Waals surface area contributed by atoms with E-state index in [1.807, 2.05) is 60.3 Å². The fourth-order valence-corrected chi connectivity index (χ4v) is 6.56. The Bertz CT molecular complexity index is 1220. The van der Waals surface area contributed by atoms with Crippen LogP contribution in [0.3, 0.4) is 0 Å². The second-order valence-electron chi connectivity index (χ2n) is 9.37.